The molecule has 0 fully saturated rings. The van der Waals surface area contributed by atoms with Crippen molar-refractivity contribution in [2.75, 3.05) is 0 Å². The highest BCUT2D eigenvalue weighted by Gasteiger charge is 1.81. The quantitative estimate of drug-likeness (QED) is 0.310. The van der Waals surface area contributed by atoms with E-state index in [1.54, 1.807) is 0 Å². The molecule has 1 atom stereocenters. The second-order valence-corrected chi connectivity index (χ2v) is 3.51. The summed E-state index contributed by atoms with van der Waals surface area (Å²) in [5.74, 6) is 0. The second-order valence-electron chi connectivity index (χ2n) is 1.71. The number of allylic oxidation sites excluding steroid dienone is 2. The van der Waals surface area contributed by atoms with Crippen LogP contribution in [-0.2, 0) is 0 Å². The fraction of sp³-hybridized carbons (Fsp3) is 0.571. The lowest BCUT2D eigenvalue weighted by Gasteiger charge is -1.87. The molecule has 0 heterocycles. The van der Waals surface area contributed by atoms with Crippen LogP contribution in [0.5, 0.6) is 0 Å². The first-order valence-electron chi connectivity index (χ1n) is 3.09. The van der Waals surface area contributed by atoms with E-state index in [4.69, 9.17) is 0 Å². The topological polar surface area (TPSA) is 12.4 Å². The molecule has 0 aromatic heterocycles. The summed E-state index contributed by atoms with van der Waals surface area (Å²) in [5.41, 5.74) is 0. The average Bonchev–Trinajstić information content (AvgIpc) is 1.80. The average molecular weight is 237 g/mol. The van der Waals surface area contributed by atoms with E-state index in [1.807, 2.05) is 12.3 Å². The molecular weight excluding hydrogens is 225 g/mol. The summed E-state index contributed by atoms with van der Waals surface area (Å²) in [7, 11) is 0. The predicted octanol–water partition coefficient (Wildman–Crippen LogP) is 2.80. The zero-order chi connectivity index (χ0) is 7.11. The molecule has 0 unspecified atom stereocenters. The maximum absolute atomic E-state index is 4.14. The minimum absolute atomic E-state index is 0.393. The molecule has 0 aliphatic carbocycles. The molecule has 9 heavy (non-hydrogen) atoms. The molecule has 1 nitrogen and oxygen atoms in total. The van der Waals surface area contributed by atoms with Crippen molar-refractivity contribution in [3.8, 4) is 0 Å². The van der Waals surface area contributed by atoms with Crippen LogP contribution in [0.15, 0.2) is 17.1 Å². The van der Waals surface area contributed by atoms with Crippen LogP contribution in [0.1, 0.15) is 20.3 Å². The molecule has 0 aromatic rings. The summed E-state index contributed by atoms with van der Waals surface area (Å²) in [6.07, 6.45) is 7.00. The Morgan fingerprint density at radius 3 is 2.78 bits per heavy atom. The molecule has 0 aliphatic heterocycles. The minimum atomic E-state index is 0.393. The minimum Gasteiger partial charge on any atom is -0.280 e. The largest absolute Gasteiger partial charge is 0.280 e. The summed E-state index contributed by atoms with van der Waals surface area (Å²) >= 11 is 2.26. The molecule has 0 saturated carbocycles. The van der Waals surface area contributed by atoms with Gasteiger partial charge in [-0.2, -0.15) is 0 Å². The Labute approximate surface area is 70.4 Å². The maximum Gasteiger partial charge on any atom is 0.0982 e. The van der Waals surface area contributed by atoms with Crippen LogP contribution in [-0.4, -0.2) is 10.3 Å². The van der Waals surface area contributed by atoms with Crippen LogP contribution >= 0.6 is 22.6 Å². The van der Waals surface area contributed by atoms with Gasteiger partial charge in [0.05, 0.1) is 4.05 Å². The van der Waals surface area contributed by atoms with Crippen LogP contribution in [0.25, 0.3) is 0 Å². The first-order valence-corrected chi connectivity index (χ1v) is 4.34. The number of halogens is 1. The van der Waals surface area contributed by atoms with E-state index in [0.717, 1.165) is 6.42 Å². The lowest BCUT2D eigenvalue weighted by molar-refractivity contribution is 1.10. The van der Waals surface area contributed by atoms with Crippen molar-refractivity contribution in [3.05, 3.63) is 12.2 Å². The van der Waals surface area contributed by atoms with Gasteiger partial charge in [-0.3, -0.25) is 4.99 Å². The van der Waals surface area contributed by atoms with E-state index < -0.39 is 0 Å². The van der Waals surface area contributed by atoms with Crippen molar-refractivity contribution in [2.45, 2.75) is 24.3 Å². The first kappa shape index (κ1) is 9.14. The van der Waals surface area contributed by atoms with Gasteiger partial charge in [-0.15, -0.1) is 0 Å². The molecule has 0 amide bonds. The van der Waals surface area contributed by atoms with Gasteiger partial charge in [0.2, 0.25) is 0 Å². The first-order chi connectivity index (χ1) is 4.27. The highest BCUT2D eigenvalue weighted by molar-refractivity contribution is 14.1. The number of hydrogen-bond donors (Lipinski definition) is 0. The van der Waals surface area contributed by atoms with Crippen molar-refractivity contribution in [3.63, 3.8) is 0 Å². The van der Waals surface area contributed by atoms with E-state index in [2.05, 4.69) is 47.5 Å². The van der Waals surface area contributed by atoms with Crippen molar-refractivity contribution in [2.24, 2.45) is 4.99 Å². The Morgan fingerprint density at radius 1 is 1.67 bits per heavy atom. The number of aliphatic imine (C=N–C) groups is 1. The third-order valence-electron chi connectivity index (χ3n) is 0.749. The fourth-order valence-electron chi connectivity index (χ4n) is 0.365. The van der Waals surface area contributed by atoms with E-state index in [1.165, 1.54) is 0 Å². The Balaban J connectivity index is 3.35. The summed E-state index contributed by atoms with van der Waals surface area (Å²) in [6.45, 7) is 4.16. The monoisotopic (exact) mass is 237 g/mol. The summed E-state index contributed by atoms with van der Waals surface area (Å²) < 4.78 is 0.393. The highest BCUT2D eigenvalue weighted by atomic mass is 127. The number of rotatable bonds is 3. The SMILES string of the molecule is CC/C=C/C=N[C@H](C)I. The van der Waals surface area contributed by atoms with Crippen LogP contribution in [0.2, 0.25) is 0 Å². The lowest BCUT2D eigenvalue weighted by Crippen LogP contribution is -1.80. The van der Waals surface area contributed by atoms with Crippen molar-refractivity contribution < 1.29 is 0 Å². The molecule has 0 spiro atoms. The van der Waals surface area contributed by atoms with Gasteiger partial charge in [0.1, 0.15) is 0 Å². The smallest absolute Gasteiger partial charge is 0.0982 e. The zero-order valence-corrected chi connectivity index (χ0v) is 8.00. The van der Waals surface area contributed by atoms with Gasteiger partial charge in [-0.25, -0.2) is 0 Å². The van der Waals surface area contributed by atoms with Crippen LogP contribution in [0, 0.1) is 0 Å². The molecule has 0 rings (SSSR count). The van der Waals surface area contributed by atoms with Gasteiger partial charge >= 0.3 is 0 Å². The van der Waals surface area contributed by atoms with Crippen molar-refractivity contribution >= 4 is 28.8 Å². The third-order valence-corrected chi connectivity index (χ3v) is 1.07. The van der Waals surface area contributed by atoms with Gasteiger partial charge < -0.3 is 0 Å². The third kappa shape index (κ3) is 8.14. The molecule has 2 heteroatoms. The Hall–Kier alpha value is 0.140. The van der Waals surface area contributed by atoms with E-state index in [9.17, 15) is 0 Å². The lowest BCUT2D eigenvalue weighted by atomic mass is 10.4. The maximum atomic E-state index is 4.14. The zero-order valence-electron chi connectivity index (χ0n) is 5.84. The number of nitrogens with zero attached hydrogens (tertiary/aromatic N) is 1. The van der Waals surface area contributed by atoms with Crippen molar-refractivity contribution in [1.82, 2.24) is 0 Å². The molecular formula is C7H12IN. The Morgan fingerprint density at radius 2 is 2.33 bits per heavy atom. The fourth-order valence-corrected chi connectivity index (χ4v) is 0.551. The van der Waals surface area contributed by atoms with Crippen LogP contribution in [0.4, 0.5) is 0 Å². The van der Waals surface area contributed by atoms with Crippen LogP contribution in [0.3, 0.4) is 0 Å². The van der Waals surface area contributed by atoms with E-state index >= 15 is 0 Å². The van der Waals surface area contributed by atoms with Gasteiger partial charge in [0.15, 0.2) is 0 Å². The van der Waals surface area contributed by atoms with Crippen LogP contribution < -0.4 is 0 Å². The Kier molecular flexibility index (Phi) is 6.36. The molecule has 0 aliphatic rings. The normalized spacial score (nSPS) is 15.4. The van der Waals surface area contributed by atoms with Gasteiger partial charge in [-0.1, -0.05) is 35.6 Å². The summed E-state index contributed by atoms with van der Waals surface area (Å²) in [6, 6.07) is 0. The van der Waals surface area contributed by atoms with Crippen molar-refractivity contribution in [1.29, 1.82) is 0 Å². The van der Waals surface area contributed by atoms with Gasteiger partial charge in [0, 0.05) is 6.21 Å². The van der Waals surface area contributed by atoms with E-state index in [-0.39, 0.29) is 0 Å². The Bertz CT molecular complexity index is 105. The molecule has 0 bridgehead atoms. The predicted molar refractivity (Wildman–Crippen MR) is 51.4 cm³/mol. The molecule has 0 N–H and O–H groups in total. The molecule has 0 radical (unpaired) electrons. The molecule has 0 saturated heterocycles. The van der Waals surface area contributed by atoms with E-state index in [0.29, 0.717) is 4.05 Å². The number of alkyl halides is 1. The second kappa shape index (κ2) is 6.26. The molecule has 0 aromatic carbocycles. The summed E-state index contributed by atoms with van der Waals surface area (Å²) in [5, 5.41) is 0. The van der Waals surface area contributed by atoms with Gasteiger partial charge in [-0.05, 0) is 19.4 Å². The number of hydrogen-bond acceptors (Lipinski definition) is 1. The van der Waals surface area contributed by atoms with Gasteiger partial charge in [0.25, 0.3) is 0 Å². The summed E-state index contributed by atoms with van der Waals surface area (Å²) in [4.78, 5) is 4.14. The highest BCUT2D eigenvalue weighted by Crippen LogP contribution is 1.97. The molecule has 52 valence electrons. The standard InChI is InChI=1S/C7H12IN/c1-3-4-5-6-9-7(2)8/h4-7H,3H2,1-2H3/b5-4+,9-6?/t7-/m1/s1.